The van der Waals surface area contributed by atoms with E-state index in [1.807, 2.05) is 13.8 Å². The van der Waals surface area contributed by atoms with Gasteiger partial charge in [0, 0.05) is 6.54 Å². The fourth-order valence-corrected chi connectivity index (χ4v) is 2.73. The van der Waals surface area contributed by atoms with E-state index in [2.05, 4.69) is 17.2 Å². The summed E-state index contributed by atoms with van der Waals surface area (Å²) in [7, 11) is 0. The van der Waals surface area contributed by atoms with E-state index in [9.17, 15) is 4.79 Å². The van der Waals surface area contributed by atoms with Crippen molar-refractivity contribution < 1.29 is 4.79 Å². The Morgan fingerprint density at radius 2 is 1.95 bits per heavy atom. The molecule has 20 heavy (non-hydrogen) atoms. The molecule has 1 rings (SSSR count). The average molecular weight is 342 g/mol. The smallest absolute Gasteiger partial charge is 0.263 e. The minimum Gasteiger partial charge on any atom is -0.345 e. The van der Waals surface area contributed by atoms with Gasteiger partial charge < -0.3 is 11.1 Å². The molecule has 0 aliphatic rings. The van der Waals surface area contributed by atoms with E-state index in [4.69, 9.17) is 5.73 Å². The van der Waals surface area contributed by atoms with E-state index in [-0.39, 0.29) is 36.3 Å². The summed E-state index contributed by atoms with van der Waals surface area (Å²) in [5.74, 6) is -0.0518. The standard InChI is InChI=1S/C13H23N3OS.2ClH/c1-4-7-11-15-8-10(18-11)12(17)16-13(5-2,6-3)9-14;;/h8H,4-7,9,14H2,1-3H3,(H,16,17);2*1H. The number of hydrogen-bond donors (Lipinski definition) is 2. The van der Waals surface area contributed by atoms with Gasteiger partial charge in [-0.1, -0.05) is 20.8 Å². The number of thiazole rings is 1. The van der Waals surface area contributed by atoms with E-state index in [0.717, 1.165) is 30.7 Å². The van der Waals surface area contributed by atoms with Crippen LogP contribution in [-0.2, 0) is 6.42 Å². The van der Waals surface area contributed by atoms with Gasteiger partial charge in [-0.05, 0) is 25.7 Å². The van der Waals surface area contributed by atoms with Crippen LogP contribution >= 0.6 is 36.2 Å². The molecule has 3 N–H and O–H groups in total. The number of aryl methyl sites for hydroxylation is 1. The molecule has 1 aromatic heterocycles. The van der Waals surface area contributed by atoms with Gasteiger partial charge in [0.25, 0.3) is 5.91 Å². The van der Waals surface area contributed by atoms with Crippen molar-refractivity contribution in [2.75, 3.05) is 6.54 Å². The maximum Gasteiger partial charge on any atom is 0.263 e. The zero-order valence-electron chi connectivity index (χ0n) is 12.3. The van der Waals surface area contributed by atoms with Gasteiger partial charge >= 0.3 is 0 Å². The molecule has 0 aliphatic carbocycles. The monoisotopic (exact) mass is 341 g/mol. The predicted octanol–water partition coefficient (Wildman–Crippen LogP) is 3.19. The molecule has 0 bridgehead atoms. The number of aromatic nitrogens is 1. The van der Waals surface area contributed by atoms with Gasteiger partial charge in [0.15, 0.2) is 0 Å². The quantitative estimate of drug-likeness (QED) is 0.800. The minimum atomic E-state index is -0.286. The van der Waals surface area contributed by atoms with Gasteiger partial charge in [0.1, 0.15) is 4.88 Å². The summed E-state index contributed by atoms with van der Waals surface area (Å²) in [6, 6.07) is 0. The Bertz CT molecular complexity index is 386. The van der Waals surface area contributed by atoms with Crippen molar-refractivity contribution in [2.24, 2.45) is 5.73 Å². The van der Waals surface area contributed by atoms with E-state index in [0.29, 0.717) is 11.4 Å². The third kappa shape index (κ3) is 5.56. The Balaban J connectivity index is 0. The Hall–Kier alpha value is -0.360. The molecule has 4 nitrogen and oxygen atoms in total. The summed E-state index contributed by atoms with van der Waals surface area (Å²) in [6.45, 7) is 6.67. The number of nitrogens with zero attached hydrogens (tertiary/aromatic N) is 1. The van der Waals surface area contributed by atoms with Gasteiger partial charge in [-0.25, -0.2) is 4.98 Å². The van der Waals surface area contributed by atoms with Gasteiger partial charge in [-0.15, -0.1) is 36.2 Å². The number of amides is 1. The van der Waals surface area contributed by atoms with E-state index < -0.39 is 0 Å². The highest BCUT2D eigenvalue weighted by molar-refractivity contribution is 7.13. The molecule has 0 aliphatic heterocycles. The molecule has 0 saturated heterocycles. The van der Waals surface area contributed by atoms with Crippen molar-refractivity contribution in [1.29, 1.82) is 0 Å². The van der Waals surface area contributed by atoms with Crippen molar-refractivity contribution in [3.63, 3.8) is 0 Å². The Morgan fingerprint density at radius 1 is 1.35 bits per heavy atom. The molecule has 1 amide bonds. The normalized spacial score (nSPS) is 10.4. The molecule has 118 valence electrons. The van der Waals surface area contributed by atoms with Gasteiger partial charge in [-0.2, -0.15) is 0 Å². The third-order valence-corrected chi connectivity index (χ3v) is 4.42. The molecule has 1 heterocycles. The molecular formula is C13H25Cl2N3OS. The summed E-state index contributed by atoms with van der Waals surface area (Å²) in [6.07, 6.45) is 5.32. The largest absolute Gasteiger partial charge is 0.345 e. The average Bonchev–Trinajstić information content (AvgIpc) is 2.85. The number of nitrogens with two attached hydrogens (primary N) is 1. The highest BCUT2D eigenvalue weighted by atomic mass is 35.5. The fourth-order valence-electron chi connectivity index (χ4n) is 1.81. The summed E-state index contributed by atoms with van der Waals surface area (Å²) >= 11 is 1.47. The lowest BCUT2D eigenvalue weighted by Gasteiger charge is -2.31. The number of halogens is 2. The summed E-state index contributed by atoms with van der Waals surface area (Å²) in [5, 5.41) is 4.08. The van der Waals surface area contributed by atoms with Crippen LogP contribution in [0.4, 0.5) is 0 Å². The third-order valence-electron chi connectivity index (χ3n) is 3.36. The first-order valence-corrected chi connectivity index (χ1v) is 7.39. The van der Waals surface area contributed by atoms with E-state index >= 15 is 0 Å². The maximum absolute atomic E-state index is 12.2. The lowest BCUT2D eigenvalue weighted by molar-refractivity contribution is 0.0899. The Kier molecular flexibility index (Phi) is 11.4. The topological polar surface area (TPSA) is 68.0 Å². The van der Waals surface area contributed by atoms with Gasteiger partial charge in [-0.3, -0.25) is 4.79 Å². The summed E-state index contributed by atoms with van der Waals surface area (Å²) in [5.41, 5.74) is 5.50. The van der Waals surface area contributed by atoms with Crippen LogP contribution in [-0.4, -0.2) is 23.0 Å². The molecule has 0 fully saturated rings. The second-order valence-electron chi connectivity index (χ2n) is 4.51. The molecule has 7 heteroatoms. The van der Waals surface area contributed by atoms with Crippen molar-refractivity contribution >= 4 is 42.1 Å². The zero-order chi connectivity index (χ0) is 13.6. The van der Waals surface area contributed by atoms with E-state index in [1.54, 1.807) is 6.20 Å². The highest BCUT2D eigenvalue weighted by Gasteiger charge is 2.27. The van der Waals surface area contributed by atoms with Crippen LogP contribution in [0.3, 0.4) is 0 Å². The van der Waals surface area contributed by atoms with Crippen molar-refractivity contribution in [3.05, 3.63) is 16.1 Å². The fraction of sp³-hybridized carbons (Fsp3) is 0.692. The van der Waals surface area contributed by atoms with Crippen molar-refractivity contribution in [3.8, 4) is 0 Å². The van der Waals surface area contributed by atoms with Crippen LogP contribution in [0, 0.1) is 0 Å². The first kappa shape index (κ1) is 21.9. The summed E-state index contributed by atoms with van der Waals surface area (Å²) in [4.78, 5) is 17.1. The molecule has 0 radical (unpaired) electrons. The molecule has 0 saturated carbocycles. The lowest BCUT2D eigenvalue weighted by atomic mass is 9.93. The Labute approximate surface area is 137 Å². The molecule has 0 aromatic carbocycles. The number of hydrogen-bond acceptors (Lipinski definition) is 4. The zero-order valence-corrected chi connectivity index (χ0v) is 14.7. The van der Waals surface area contributed by atoms with Crippen LogP contribution in [0.15, 0.2) is 6.20 Å². The van der Waals surface area contributed by atoms with Gasteiger partial charge in [0.2, 0.25) is 0 Å². The van der Waals surface area contributed by atoms with Crippen LogP contribution in [0.1, 0.15) is 54.7 Å². The van der Waals surface area contributed by atoms with Gasteiger partial charge in [0.05, 0.1) is 16.7 Å². The number of nitrogens with one attached hydrogen (secondary N) is 1. The molecule has 1 aromatic rings. The molecule has 0 spiro atoms. The van der Waals surface area contributed by atoms with Crippen LogP contribution in [0.2, 0.25) is 0 Å². The second kappa shape index (κ2) is 10.4. The number of carbonyl (C=O) groups is 1. The van der Waals surface area contributed by atoms with Crippen LogP contribution in [0.25, 0.3) is 0 Å². The minimum absolute atomic E-state index is 0. The number of carbonyl (C=O) groups excluding carboxylic acids is 1. The first-order chi connectivity index (χ1) is 8.60. The maximum atomic E-state index is 12.2. The van der Waals surface area contributed by atoms with Crippen molar-refractivity contribution in [2.45, 2.75) is 52.0 Å². The SMILES string of the molecule is CCCc1ncc(C(=O)NC(CC)(CC)CN)s1.Cl.Cl. The van der Waals surface area contributed by atoms with E-state index in [1.165, 1.54) is 11.3 Å². The van der Waals surface area contributed by atoms with Crippen molar-refractivity contribution in [1.82, 2.24) is 10.3 Å². The molecule has 0 atom stereocenters. The predicted molar refractivity (Wildman–Crippen MR) is 90.4 cm³/mol. The summed E-state index contributed by atoms with van der Waals surface area (Å²) < 4.78 is 0. The van der Waals surface area contributed by atoms with Crippen LogP contribution in [0.5, 0.6) is 0 Å². The molecular weight excluding hydrogens is 317 g/mol. The Morgan fingerprint density at radius 3 is 2.40 bits per heavy atom. The van der Waals surface area contributed by atoms with Crippen LogP contribution < -0.4 is 11.1 Å². The molecule has 0 unspecified atom stereocenters. The lowest BCUT2D eigenvalue weighted by Crippen LogP contribution is -2.52. The highest BCUT2D eigenvalue weighted by Crippen LogP contribution is 2.18. The second-order valence-corrected chi connectivity index (χ2v) is 5.63. The first-order valence-electron chi connectivity index (χ1n) is 6.58. The number of rotatable bonds is 7.